The minimum absolute atomic E-state index is 0.818. The van der Waals surface area contributed by atoms with Crippen LogP contribution >= 0.6 is 0 Å². The third-order valence-corrected chi connectivity index (χ3v) is 2.20. The average Bonchev–Trinajstić information content (AvgIpc) is 2.38. The Labute approximate surface area is 99.9 Å². The molecular formula is C15H23N. The van der Waals surface area contributed by atoms with Crippen molar-refractivity contribution in [3.63, 3.8) is 0 Å². The van der Waals surface area contributed by atoms with E-state index >= 15 is 0 Å². The number of hydrogen-bond donors (Lipinski definition) is 1. The van der Waals surface area contributed by atoms with Crippen LogP contribution in [0.5, 0.6) is 0 Å². The zero-order chi connectivity index (χ0) is 12.4. The highest BCUT2D eigenvalue weighted by molar-refractivity contribution is 5.24. The first-order valence-corrected chi connectivity index (χ1v) is 5.89. The van der Waals surface area contributed by atoms with Crippen molar-refractivity contribution in [1.29, 1.82) is 0 Å². The molecule has 0 spiro atoms. The molecule has 0 aliphatic rings. The van der Waals surface area contributed by atoms with Crippen molar-refractivity contribution < 1.29 is 0 Å². The highest BCUT2D eigenvalue weighted by Gasteiger charge is 1.96. The first kappa shape index (κ1) is 14.5. The quantitative estimate of drug-likeness (QED) is 0.726. The molecule has 88 valence electrons. The van der Waals surface area contributed by atoms with Crippen molar-refractivity contribution in [3.8, 4) is 0 Å². The van der Waals surface area contributed by atoms with Gasteiger partial charge in [-0.2, -0.15) is 0 Å². The van der Waals surface area contributed by atoms with Gasteiger partial charge in [0, 0.05) is 12.2 Å². The summed E-state index contributed by atoms with van der Waals surface area (Å²) in [6.45, 7) is 14.8. The minimum Gasteiger partial charge on any atom is -0.381 e. The maximum absolute atomic E-state index is 3.93. The van der Waals surface area contributed by atoms with E-state index in [2.05, 4.69) is 37.5 Å². The molecule has 16 heavy (non-hydrogen) atoms. The molecule has 0 aliphatic heterocycles. The second kappa shape index (κ2) is 8.78. The van der Waals surface area contributed by atoms with Gasteiger partial charge in [-0.3, -0.25) is 0 Å². The first-order chi connectivity index (χ1) is 7.74. The second-order valence-electron chi connectivity index (χ2n) is 3.27. The van der Waals surface area contributed by atoms with Crippen molar-refractivity contribution in [2.75, 3.05) is 0 Å². The van der Waals surface area contributed by atoms with Gasteiger partial charge in [-0.05, 0) is 17.6 Å². The third-order valence-electron chi connectivity index (χ3n) is 2.20. The Morgan fingerprint density at radius 3 is 2.19 bits per heavy atom. The molecule has 1 nitrogen and oxygen atoms in total. The second-order valence-corrected chi connectivity index (χ2v) is 3.27. The largest absolute Gasteiger partial charge is 0.381 e. The van der Waals surface area contributed by atoms with Gasteiger partial charge >= 0.3 is 0 Å². The Balaban J connectivity index is 0.00000106. The molecule has 0 aliphatic carbocycles. The first-order valence-electron chi connectivity index (χ1n) is 5.89. The summed E-state index contributed by atoms with van der Waals surface area (Å²) in [7, 11) is 0. The van der Waals surface area contributed by atoms with Crippen LogP contribution in [0.2, 0.25) is 0 Å². The van der Waals surface area contributed by atoms with E-state index in [0.717, 1.165) is 24.2 Å². The summed E-state index contributed by atoms with van der Waals surface area (Å²) in [5.74, 6) is 0. The molecule has 1 aromatic carbocycles. The molecule has 1 N–H and O–H groups in total. The lowest BCUT2D eigenvalue weighted by molar-refractivity contribution is 0.812. The Morgan fingerprint density at radius 1 is 1.12 bits per heavy atom. The maximum atomic E-state index is 3.93. The van der Waals surface area contributed by atoms with Gasteiger partial charge in [-0.15, -0.1) is 0 Å². The van der Waals surface area contributed by atoms with Crippen LogP contribution in [0.4, 0.5) is 0 Å². The molecule has 0 fully saturated rings. The van der Waals surface area contributed by atoms with E-state index in [1.54, 1.807) is 0 Å². The fourth-order valence-corrected chi connectivity index (χ4v) is 1.14. The van der Waals surface area contributed by atoms with E-state index in [4.69, 9.17) is 0 Å². The Kier molecular flexibility index (Phi) is 7.96. The zero-order valence-corrected chi connectivity index (χ0v) is 10.7. The van der Waals surface area contributed by atoms with Gasteiger partial charge in [-0.1, -0.05) is 64.3 Å². The maximum Gasteiger partial charge on any atom is 0.0400 e. The van der Waals surface area contributed by atoms with Gasteiger partial charge in [0.25, 0.3) is 0 Å². The molecule has 0 bridgehead atoms. The van der Waals surface area contributed by atoms with Crippen LogP contribution in [0.25, 0.3) is 0 Å². The van der Waals surface area contributed by atoms with Crippen LogP contribution in [0.15, 0.2) is 54.8 Å². The van der Waals surface area contributed by atoms with Gasteiger partial charge in [0.15, 0.2) is 0 Å². The van der Waals surface area contributed by atoms with Crippen LogP contribution in [-0.2, 0) is 6.54 Å². The molecule has 1 heteroatoms. The fraction of sp³-hybridized carbons (Fsp3) is 0.333. The van der Waals surface area contributed by atoms with Gasteiger partial charge in [0.05, 0.1) is 0 Å². The van der Waals surface area contributed by atoms with Gasteiger partial charge in [-0.25, -0.2) is 0 Å². The standard InChI is InChI=1S/C13H17N.C2H6/c1-4-11(2)12(3)14-10-13-8-6-5-7-9-13;1-2/h5-9,14H,2-4,10H2,1H3;1-2H3. The van der Waals surface area contributed by atoms with E-state index in [9.17, 15) is 0 Å². The molecule has 0 atom stereocenters. The molecule has 1 aromatic rings. The van der Waals surface area contributed by atoms with Gasteiger partial charge in [0.1, 0.15) is 0 Å². The highest BCUT2D eigenvalue weighted by Crippen LogP contribution is 2.07. The van der Waals surface area contributed by atoms with Crippen molar-refractivity contribution >= 4 is 0 Å². The van der Waals surface area contributed by atoms with Crippen LogP contribution in [0.3, 0.4) is 0 Å². The lowest BCUT2D eigenvalue weighted by Gasteiger charge is -2.10. The molecule has 0 amide bonds. The summed E-state index contributed by atoms with van der Waals surface area (Å²) in [4.78, 5) is 0. The lowest BCUT2D eigenvalue weighted by atomic mass is 10.1. The number of hydrogen-bond acceptors (Lipinski definition) is 1. The Bertz CT molecular complexity index is 311. The summed E-state index contributed by atoms with van der Waals surface area (Å²) < 4.78 is 0. The van der Waals surface area contributed by atoms with Crippen molar-refractivity contribution in [2.45, 2.75) is 33.7 Å². The normalized spacial score (nSPS) is 8.69. The minimum atomic E-state index is 0.818. The van der Waals surface area contributed by atoms with Crippen molar-refractivity contribution in [2.24, 2.45) is 0 Å². The molecular weight excluding hydrogens is 194 g/mol. The number of nitrogens with one attached hydrogen (secondary N) is 1. The fourth-order valence-electron chi connectivity index (χ4n) is 1.14. The smallest absolute Gasteiger partial charge is 0.0400 e. The molecule has 1 rings (SSSR count). The predicted octanol–water partition coefficient (Wildman–Crippen LogP) is 4.28. The summed E-state index contributed by atoms with van der Waals surface area (Å²) in [5, 5.41) is 3.26. The molecule has 0 unspecified atom stereocenters. The number of allylic oxidation sites excluding steroid dienone is 1. The molecule has 0 saturated carbocycles. The zero-order valence-electron chi connectivity index (χ0n) is 10.7. The summed E-state index contributed by atoms with van der Waals surface area (Å²) in [6.07, 6.45) is 0.945. The van der Waals surface area contributed by atoms with Crippen LogP contribution < -0.4 is 5.32 Å². The van der Waals surface area contributed by atoms with Gasteiger partial charge < -0.3 is 5.32 Å². The Hall–Kier alpha value is -1.50. The molecule has 0 saturated heterocycles. The highest BCUT2D eigenvalue weighted by atomic mass is 14.9. The van der Waals surface area contributed by atoms with E-state index in [0.29, 0.717) is 0 Å². The van der Waals surface area contributed by atoms with E-state index in [1.165, 1.54) is 5.56 Å². The predicted molar refractivity (Wildman–Crippen MR) is 73.2 cm³/mol. The van der Waals surface area contributed by atoms with E-state index < -0.39 is 0 Å². The average molecular weight is 217 g/mol. The van der Waals surface area contributed by atoms with E-state index in [1.807, 2.05) is 32.0 Å². The van der Waals surface area contributed by atoms with Gasteiger partial charge in [0.2, 0.25) is 0 Å². The van der Waals surface area contributed by atoms with Crippen LogP contribution in [0.1, 0.15) is 32.8 Å². The summed E-state index contributed by atoms with van der Waals surface area (Å²) in [5.41, 5.74) is 3.27. The Morgan fingerprint density at radius 2 is 1.69 bits per heavy atom. The summed E-state index contributed by atoms with van der Waals surface area (Å²) in [6, 6.07) is 10.3. The lowest BCUT2D eigenvalue weighted by Crippen LogP contribution is -2.12. The molecule has 0 aromatic heterocycles. The number of benzene rings is 1. The van der Waals surface area contributed by atoms with E-state index in [-0.39, 0.29) is 0 Å². The number of rotatable bonds is 5. The van der Waals surface area contributed by atoms with Crippen molar-refractivity contribution in [3.05, 3.63) is 60.3 Å². The summed E-state index contributed by atoms with van der Waals surface area (Å²) >= 11 is 0. The monoisotopic (exact) mass is 217 g/mol. The topological polar surface area (TPSA) is 12.0 Å². The molecule has 0 radical (unpaired) electrons. The van der Waals surface area contributed by atoms with Crippen LogP contribution in [0, 0.1) is 0 Å². The molecule has 0 heterocycles. The SMILES string of the molecule is C=C(CC)C(=C)NCc1ccccc1.CC. The third kappa shape index (κ3) is 5.40. The van der Waals surface area contributed by atoms with Crippen molar-refractivity contribution in [1.82, 2.24) is 5.32 Å². The van der Waals surface area contributed by atoms with Crippen LogP contribution in [-0.4, -0.2) is 0 Å².